The maximum atomic E-state index is 12.7. The van der Waals surface area contributed by atoms with Crippen molar-refractivity contribution < 1.29 is 18.8 Å². The Kier molecular flexibility index (Phi) is 5.82. The highest BCUT2D eigenvalue weighted by atomic mass is 16.7. The number of nitrogens with one attached hydrogen (secondary N) is 1. The maximum Gasteiger partial charge on any atom is 0.494 e. The molecule has 3 aliphatic heterocycles. The standard InChI is InChI=1S/C24H36BN3O4/c1-22(2,3)30-21(29)28-13-9-12-19(28)20-26-15-18(27-20)16-10-8-11-17(14-16)25-31-23(4,5)24(6,7)32-25/h8,10-11,14,18-19H,9,12-13,15H2,1-7H3,(H,26,27)/t18?,19-/m0/s1. The molecule has 4 rings (SSSR count). The molecule has 1 amide bonds. The van der Waals surface area contributed by atoms with Crippen LogP contribution >= 0.6 is 0 Å². The second-order valence-corrected chi connectivity index (χ2v) is 11.0. The fourth-order valence-corrected chi connectivity index (χ4v) is 4.34. The van der Waals surface area contributed by atoms with Crippen LogP contribution in [0.1, 0.15) is 72.9 Å². The highest BCUT2D eigenvalue weighted by Gasteiger charge is 2.51. The zero-order valence-electron chi connectivity index (χ0n) is 20.4. The van der Waals surface area contributed by atoms with Crippen molar-refractivity contribution in [3.8, 4) is 0 Å². The molecule has 8 heteroatoms. The number of amides is 1. The molecule has 1 unspecified atom stereocenters. The van der Waals surface area contributed by atoms with Gasteiger partial charge in [-0.15, -0.1) is 0 Å². The van der Waals surface area contributed by atoms with Crippen molar-refractivity contribution in [2.24, 2.45) is 4.99 Å². The molecule has 32 heavy (non-hydrogen) atoms. The summed E-state index contributed by atoms with van der Waals surface area (Å²) >= 11 is 0. The molecule has 3 heterocycles. The van der Waals surface area contributed by atoms with E-state index in [2.05, 4.69) is 45.1 Å². The molecule has 0 aromatic heterocycles. The molecule has 1 aromatic rings. The number of rotatable bonds is 3. The smallest absolute Gasteiger partial charge is 0.444 e. The largest absolute Gasteiger partial charge is 0.494 e. The van der Waals surface area contributed by atoms with Gasteiger partial charge in [0.1, 0.15) is 11.4 Å². The average molecular weight is 441 g/mol. The minimum Gasteiger partial charge on any atom is -0.444 e. The van der Waals surface area contributed by atoms with Crippen molar-refractivity contribution >= 4 is 24.5 Å². The number of amidine groups is 1. The van der Waals surface area contributed by atoms with Crippen molar-refractivity contribution in [3.63, 3.8) is 0 Å². The molecule has 0 spiro atoms. The van der Waals surface area contributed by atoms with Gasteiger partial charge in [-0.05, 0) is 72.3 Å². The first-order valence-corrected chi connectivity index (χ1v) is 11.6. The zero-order valence-corrected chi connectivity index (χ0v) is 20.4. The first kappa shape index (κ1) is 23.1. The average Bonchev–Trinajstić information content (AvgIpc) is 3.38. The van der Waals surface area contributed by atoms with Crippen LogP contribution in [-0.2, 0) is 14.0 Å². The van der Waals surface area contributed by atoms with E-state index in [4.69, 9.17) is 19.0 Å². The Balaban J connectivity index is 1.44. The summed E-state index contributed by atoms with van der Waals surface area (Å²) < 4.78 is 18.0. The Bertz CT molecular complexity index is 893. The van der Waals surface area contributed by atoms with Crippen molar-refractivity contribution in [1.29, 1.82) is 0 Å². The van der Waals surface area contributed by atoms with E-state index < -0.39 is 5.60 Å². The quantitative estimate of drug-likeness (QED) is 0.728. The van der Waals surface area contributed by atoms with Gasteiger partial charge in [0.05, 0.1) is 29.8 Å². The van der Waals surface area contributed by atoms with Gasteiger partial charge in [0.15, 0.2) is 0 Å². The maximum absolute atomic E-state index is 12.7. The molecule has 1 aromatic carbocycles. The molecule has 0 saturated carbocycles. The lowest BCUT2D eigenvalue weighted by Gasteiger charge is -2.32. The van der Waals surface area contributed by atoms with Crippen LogP contribution in [0.25, 0.3) is 0 Å². The molecule has 2 saturated heterocycles. The Morgan fingerprint density at radius 1 is 1.22 bits per heavy atom. The van der Waals surface area contributed by atoms with E-state index in [-0.39, 0.29) is 36.5 Å². The molecular formula is C24H36BN3O4. The van der Waals surface area contributed by atoms with Crippen LogP contribution in [0.2, 0.25) is 0 Å². The third kappa shape index (κ3) is 4.53. The van der Waals surface area contributed by atoms with Gasteiger partial charge in [0.25, 0.3) is 0 Å². The molecule has 3 aliphatic rings. The Morgan fingerprint density at radius 2 is 1.91 bits per heavy atom. The summed E-state index contributed by atoms with van der Waals surface area (Å²) in [5.74, 6) is 0.874. The Hall–Kier alpha value is -2.06. The lowest BCUT2D eigenvalue weighted by Crippen LogP contribution is -2.46. The fourth-order valence-electron chi connectivity index (χ4n) is 4.34. The van der Waals surface area contributed by atoms with E-state index in [0.717, 1.165) is 29.7 Å². The predicted molar refractivity (Wildman–Crippen MR) is 126 cm³/mol. The molecule has 0 radical (unpaired) electrons. The third-order valence-corrected chi connectivity index (χ3v) is 6.80. The molecule has 174 valence electrons. The van der Waals surface area contributed by atoms with Crippen molar-refractivity contribution in [3.05, 3.63) is 29.8 Å². The molecule has 2 atom stereocenters. The van der Waals surface area contributed by atoms with Crippen LogP contribution in [0.5, 0.6) is 0 Å². The normalized spacial score (nSPS) is 26.8. The van der Waals surface area contributed by atoms with Crippen LogP contribution in [-0.4, -0.2) is 59.9 Å². The monoisotopic (exact) mass is 441 g/mol. The number of carbonyl (C=O) groups excluding carboxylic acids is 1. The van der Waals surface area contributed by atoms with Crippen LogP contribution in [0.4, 0.5) is 4.79 Å². The first-order valence-electron chi connectivity index (χ1n) is 11.6. The zero-order chi connectivity index (χ0) is 23.3. The van der Waals surface area contributed by atoms with Gasteiger partial charge < -0.3 is 19.4 Å². The summed E-state index contributed by atoms with van der Waals surface area (Å²) in [6.45, 7) is 15.3. The number of benzene rings is 1. The van der Waals surface area contributed by atoms with Gasteiger partial charge in [-0.1, -0.05) is 24.3 Å². The lowest BCUT2D eigenvalue weighted by atomic mass is 9.78. The van der Waals surface area contributed by atoms with Crippen molar-refractivity contribution in [2.75, 3.05) is 13.1 Å². The van der Waals surface area contributed by atoms with Gasteiger partial charge in [-0.3, -0.25) is 9.89 Å². The van der Waals surface area contributed by atoms with Gasteiger partial charge in [0, 0.05) is 6.54 Å². The fraction of sp³-hybridized carbons (Fsp3) is 0.667. The molecule has 0 bridgehead atoms. The minimum absolute atomic E-state index is 0.0545. The number of hydrogen-bond acceptors (Lipinski definition) is 6. The summed E-state index contributed by atoms with van der Waals surface area (Å²) in [6.07, 6.45) is 1.58. The minimum atomic E-state index is -0.508. The molecule has 7 nitrogen and oxygen atoms in total. The summed E-state index contributed by atoms with van der Waals surface area (Å²) in [5.41, 5.74) is 0.892. The summed E-state index contributed by atoms with van der Waals surface area (Å²) in [7, 11) is -0.390. The van der Waals surface area contributed by atoms with Gasteiger partial charge in [0.2, 0.25) is 0 Å². The van der Waals surface area contributed by atoms with Gasteiger partial charge in [-0.25, -0.2) is 4.79 Å². The Morgan fingerprint density at radius 3 is 2.56 bits per heavy atom. The molecular weight excluding hydrogens is 405 g/mol. The number of likely N-dealkylation sites (tertiary alicyclic amines) is 1. The van der Waals surface area contributed by atoms with Crippen LogP contribution < -0.4 is 10.8 Å². The third-order valence-electron chi connectivity index (χ3n) is 6.80. The number of carbonyl (C=O) groups is 1. The van der Waals surface area contributed by atoms with Crippen molar-refractivity contribution in [1.82, 2.24) is 10.2 Å². The van der Waals surface area contributed by atoms with E-state index in [1.807, 2.05) is 32.9 Å². The number of aliphatic imine (C=N–C) groups is 1. The van der Waals surface area contributed by atoms with E-state index in [9.17, 15) is 4.79 Å². The van der Waals surface area contributed by atoms with Crippen LogP contribution in [0.3, 0.4) is 0 Å². The summed E-state index contributed by atoms with van der Waals surface area (Å²) in [6, 6.07) is 8.33. The van der Waals surface area contributed by atoms with Crippen molar-refractivity contribution in [2.45, 2.75) is 90.2 Å². The summed E-state index contributed by atoms with van der Waals surface area (Å²) in [4.78, 5) is 19.2. The second kappa shape index (κ2) is 8.06. The summed E-state index contributed by atoms with van der Waals surface area (Å²) in [5, 5.41) is 3.57. The van der Waals surface area contributed by atoms with E-state index in [0.29, 0.717) is 13.1 Å². The number of ether oxygens (including phenoxy) is 1. The Labute approximate surface area is 192 Å². The van der Waals surface area contributed by atoms with Crippen LogP contribution in [0.15, 0.2) is 29.3 Å². The van der Waals surface area contributed by atoms with Gasteiger partial charge in [-0.2, -0.15) is 0 Å². The van der Waals surface area contributed by atoms with Crippen LogP contribution in [0, 0.1) is 0 Å². The SMILES string of the molecule is CC(C)(C)OC(=O)N1CCC[C@H]1C1=NCC(c2cccc(B3OC(C)(C)C(C)(C)O3)c2)N1. The second-order valence-electron chi connectivity index (χ2n) is 11.0. The van der Waals surface area contributed by atoms with E-state index in [1.165, 1.54) is 0 Å². The first-order chi connectivity index (χ1) is 14.9. The predicted octanol–water partition coefficient (Wildman–Crippen LogP) is 3.43. The molecule has 1 N–H and O–H groups in total. The lowest BCUT2D eigenvalue weighted by molar-refractivity contribution is 0.00578. The van der Waals surface area contributed by atoms with E-state index in [1.54, 1.807) is 4.90 Å². The number of nitrogens with zero attached hydrogens (tertiary/aromatic N) is 2. The highest BCUT2D eigenvalue weighted by Crippen LogP contribution is 2.36. The molecule has 2 fully saturated rings. The van der Waals surface area contributed by atoms with E-state index >= 15 is 0 Å². The highest BCUT2D eigenvalue weighted by molar-refractivity contribution is 6.62. The van der Waals surface area contributed by atoms with Gasteiger partial charge >= 0.3 is 13.2 Å². The number of hydrogen-bond donors (Lipinski definition) is 1. The topological polar surface area (TPSA) is 72.4 Å². The molecule has 0 aliphatic carbocycles.